The number of nitrogens with zero attached hydrogens (tertiary/aromatic N) is 3. The zero-order valence-electron chi connectivity index (χ0n) is 13.5. The number of ketones is 1. The quantitative estimate of drug-likeness (QED) is 0.510. The molecular formula is C17H19N3O2S. The van der Waals surface area contributed by atoms with Gasteiger partial charge in [-0.1, -0.05) is 11.8 Å². The summed E-state index contributed by atoms with van der Waals surface area (Å²) < 4.78 is 7.41. The molecule has 0 bridgehead atoms. The summed E-state index contributed by atoms with van der Waals surface area (Å²) in [5, 5.41) is 10.6. The molecule has 6 heteroatoms. The molecular weight excluding hydrogens is 310 g/mol. The van der Waals surface area contributed by atoms with Crippen LogP contribution in [-0.2, 0) is 4.79 Å². The molecule has 3 rings (SSSR count). The normalized spacial score (nSPS) is 11.3. The Morgan fingerprint density at radius 2 is 2.13 bits per heavy atom. The number of aryl methyl sites for hydroxylation is 1. The summed E-state index contributed by atoms with van der Waals surface area (Å²) in [5.41, 5.74) is 3.03. The first-order valence-electron chi connectivity index (χ1n) is 7.55. The lowest BCUT2D eigenvalue weighted by molar-refractivity contribution is -0.117. The van der Waals surface area contributed by atoms with E-state index in [-0.39, 0.29) is 5.78 Å². The zero-order valence-corrected chi connectivity index (χ0v) is 14.3. The predicted molar refractivity (Wildman–Crippen MR) is 92.4 cm³/mol. The highest BCUT2D eigenvalue weighted by Crippen LogP contribution is 2.28. The number of rotatable bonds is 6. The van der Waals surface area contributed by atoms with Gasteiger partial charge in [0.15, 0.2) is 10.8 Å². The summed E-state index contributed by atoms with van der Waals surface area (Å²) in [4.78, 5) is 11.0. The number of fused-ring (bicyclic) bond motifs is 3. The molecule has 0 atom stereocenters. The van der Waals surface area contributed by atoms with Crippen molar-refractivity contribution in [2.75, 3.05) is 12.9 Å². The highest BCUT2D eigenvalue weighted by Gasteiger charge is 2.12. The Kier molecular flexibility index (Phi) is 4.52. The van der Waals surface area contributed by atoms with Crippen LogP contribution in [0.2, 0.25) is 0 Å². The topological polar surface area (TPSA) is 56.5 Å². The molecule has 23 heavy (non-hydrogen) atoms. The fraction of sp³-hybridized carbons (Fsp3) is 0.353. The fourth-order valence-electron chi connectivity index (χ4n) is 2.61. The number of hydrogen-bond acceptors (Lipinski definition) is 5. The van der Waals surface area contributed by atoms with E-state index >= 15 is 0 Å². The Bertz CT molecular complexity index is 873. The van der Waals surface area contributed by atoms with Crippen molar-refractivity contribution >= 4 is 34.1 Å². The number of carbonyl (C=O) groups is 1. The second kappa shape index (κ2) is 6.58. The van der Waals surface area contributed by atoms with Crippen LogP contribution in [0.15, 0.2) is 29.4 Å². The van der Waals surface area contributed by atoms with Gasteiger partial charge in [-0.3, -0.25) is 4.40 Å². The van der Waals surface area contributed by atoms with Gasteiger partial charge < -0.3 is 9.53 Å². The molecule has 0 unspecified atom stereocenters. The van der Waals surface area contributed by atoms with Gasteiger partial charge in [0.2, 0.25) is 0 Å². The Morgan fingerprint density at radius 3 is 2.87 bits per heavy atom. The molecule has 5 nitrogen and oxygen atoms in total. The van der Waals surface area contributed by atoms with Gasteiger partial charge in [0.05, 0.1) is 12.6 Å². The van der Waals surface area contributed by atoms with E-state index in [1.54, 1.807) is 25.8 Å². The van der Waals surface area contributed by atoms with Crippen LogP contribution in [0.3, 0.4) is 0 Å². The highest BCUT2D eigenvalue weighted by molar-refractivity contribution is 7.99. The summed E-state index contributed by atoms with van der Waals surface area (Å²) in [6.07, 6.45) is 1.46. The second-order valence-electron chi connectivity index (χ2n) is 5.54. The first-order chi connectivity index (χ1) is 11.1. The summed E-state index contributed by atoms with van der Waals surface area (Å²) in [5.74, 6) is 1.88. The number of aromatic nitrogens is 3. The van der Waals surface area contributed by atoms with E-state index in [0.717, 1.165) is 45.2 Å². The van der Waals surface area contributed by atoms with Crippen LogP contribution >= 0.6 is 11.8 Å². The van der Waals surface area contributed by atoms with Gasteiger partial charge in [-0.15, -0.1) is 10.2 Å². The van der Waals surface area contributed by atoms with Crippen molar-refractivity contribution in [2.24, 2.45) is 0 Å². The van der Waals surface area contributed by atoms with Crippen LogP contribution in [0.5, 0.6) is 5.75 Å². The van der Waals surface area contributed by atoms with Crippen LogP contribution in [0.25, 0.3) is 16.6 Å². The lowest BCUT2D eigenvalue weighted by Gasteiger charge is -2.09. The van der Waals surface area contributed by atoms with Gasteiger partial charge in [0, 0.05) is 23.6 Å². The van der Waals surface area contributed by atoms with Gasteiger partial charge >= 0.3 is 0 Å². The van der Waals surface area contributed by atoms with E-state index in [2.05, 4.69) is 27.6 Å². The fourth-order valence-corrected chi connectivity index (χ4v) is 3.50. The summed E-state index contributed by atoms with van der Waals surface area (Å²) in [6.45, 7) is 3.70. The Labute approximate surface area is 139 Å². The van der Waals surface area contributed by atoms with Crippen LogP contribution < -0.4 is 4.74 Å². The van der Waals surface area contributed by atoms with Crippen molar-refractivity contribution in [1.29, 1.82) is 0 Å². The number of thioether (sulfide) groups is 1. The largest absolute Gasteiger partial charge is 0.497 e. The molecule has 0 spiro atoms. The molecule has 3 aromatic rings. The van der Waals surface area contributed by atoms with Crippen molar-refractivity contribution < 1.29 is 9.53 Å². The summed E-state index contributed by atoms with van der Waals surface area (Å²) in [7, 11) is 1.66. The van der Waals surface area contributed by atoms with E-state index in [1.165, 1.54) is 0 Å². The van der Waals surface area contributed by atoms with Gasteiger partial charge in [0.25, 0.3) is 0 Å². The third-order valence-electron chi connectivity index (χ3n) is 3.78. The average molecular weight is 329 g/mol. The van der Waals surface area contributed by atoms with Crippen molar-refractivity contribution in [3.63, 3.8) is 0 Å². The number of hydrogen-bond donors (Lipinski definition) is 0. The van der Waals surface area contributed by atoms with Crippen molar-refractivity contribution in [1.82, 2.24) is 14.6 Å². The van der Waals surface area contributed by atoms with Gasteiger partial charge in [0.1, 0.15) is 11.5 Å². The van der Waals surface area contributed by atoms with Crippen LogP contribution in [-0.4, -0.2) is 33.2 Å². The summed E-state index contributed by atoms with van der Waals surface area (Å²) >= 11 is 1.63. The van der Waals surface area contributed by atoms with Gasteiger partial charge in [-0.25, -0.2) is 0 Å². The zero-order chi connectivity index (χ0) is 16.4. The lowest BCUT2D eigenvalue weighted by atomic mass is 10.1. The predicted octanol–water partition coefficient (Wildman–Crippen LogP) is 3.66. The SMILES string of the molecule is COc1ccc2c(C)cc3nnc(SCCCC(C)=O)n3c2c1. The van der Waals surface area contributed by atoms with Gasteiger partial charge in [-0.2, -0.15) is 0 Å². The number of pyridine rings is 1. The van der Waals surface area contributed by atoms with Crippen molar-refractivity contribution in [3.8, 4) is 5.75 Å². The van der Waals surface area contributed by atoms with E-state index in [4.69, 9.17) is 4.74 Å². The molecule has 0 saturated carbocycles. The molecule has 0 aliphatic rings. The molecule has 0 aliphatic heterocycles. The molecule has 0 N–H and O–H groups in total. The molecule has 0 radical (unpaired) electrons. The standard InChI is InChI=1S/C17H19N3O2S/c1-11-9-16-18-19-17(23-8-4-5-12(2)21)20(16)15-10-13(22-3)6-7-14(11)15/h6-7,9-10H,4-5,8H2,1-3H3. The lowest BCUT2D eigenvalue weighted by Crippen LogP contribution is -1.96. The second-order valence-corrected chi connectivity index (χ2v) is 6.60. The maximum absolute atomic E-state index is 11.0. The first kappa shape index (κ1) is 15.8. The molecule has 0 amide bonds. The minimum absolute atomic E-state index is 0.225. The number of Topliss-reactive ketones (excluding diaryl/α,β-unsaturated/α-hetero) is 1. The average Bonchev–Trinajstić information content (AvgIpc) is 2.94. The number of benzene rings is 1. The maximum Gasteiger partial charge on any atom is 0.196 e. The van der Waals surface area contributed by atoms with E-state index in [1.807, 2.05) is 18.2 Å². The van der Waals surface area contributed by atoms with E-state index in [0.29, 0.717) is 6.42 Å². The minimum atomic E-state index is 0.225. The molecule has 2 aromatic heterocycles. The monoisotopic (exact) mass is 329 g/mol. The van der Waals surface area contributed by atoms with Crippen LogP contribution in [0.1, 0.15) is 25.3 Å². The smallest absolute Gasteiger partial charge is 0.196 e. The maximum atomic E-state index is 11.0. The highest BCUT2D eigenvalue weighted by atomic mass is 32.2. The van der Waals surface area contributed by atoms with Crippen LogP contribution in [0.4, 0.5) is 0 Å². The molecule has 0 aliphatic carbocycles. The summed E-state index contributed by atoms with van der Waals surface area (Å²) in [6, 6.07) is 8.08. The first-order valence-corrected chi connectivity index (χ1v) is 8.53. The van der Waals surface area contributed by atoms with Crippen molar-refractivity contribution in [2.45, 2.75) is 31.8 Å². The van der Waals surface area contributed by atoms with Crippen molar-refractivity contribution in [3.05, 3.63) is 29.8 Å². The Hall–Kier alpha value is -2.08. The third-order valence-corrected chi connectivity index (χ3v) is 4.79. The Morgan fingerprint density at radius 1 is 1.30 bits per heavy atom. The van der Waals surface area contributed by atoms with Crippen LogP contribution in [0, 0.1) is 6.92 Å². The number of ether oxygens (including phenoxy) is 1. The third kappa shape index (κ3) is 3.17. The number of methoxy groups -OCH3 is 1. The molecule has 0 saturated heterocycles. The van der Waals surface area contributed by atoms with E-state index in [9.17, 15) is 4.79 Å². The van der Waals surface area contributed by atoms with Gasteiger partial charge in [-0.05, 0) is 44.0 Å². The Balaban J connectivity index is 2.02. The minimum Gasteiger partial charge on any atom is -0.497 e. The molecule has 1 aromatic carbocycles. The molecule has 120 valence electrons. The van der Waals surface area contributed by atoms with E-state index < -0.39 is 0 Å². The molecule has 2 heterocycles. The number of carbonyl (C=O) groups excluding carboxylic acids is 1. The molecule has 0 fully saturated rings.